The minimum absolute atomic E-state index is 0.459. The molecule has 1 aromatic carbocycles. The molecule has 0 bridgehead atoms. The SMILES string of the molecule is COc1ccc(C=N[C@@H]2C[C@H](C)[NH+](C)C[C@H]2C)cc1. The predicted octanol–water partition coefficient (Wildman–Crippen LogP) is 1.43. The molecule has 1 fully saturated rings. The molecule has 0 spiro atoms. The van der Waals surface area contributed by atoms with E-state index in [0.29, 0.717) is 18.0 Å². The fourth-order valence-electron chi connectivity index (χ4n) is 2.72. The van der Waals surface area contributed by atoms with Crippen molar-refractivity contribution < 1.29 is 9.64 Å². The number of aliphatic imine (C=N–C) groups is 1. The molecule has 1 aliphatic rings. The maximum atomic E-state index is 5.16. The Balaban J connectivity index is 2.00. The molecule has 104 valence electrons. The summed E-state index contributed by atoms with van der Waals surface area (Å²) in [7, 11) is 3.97. The van der Waals surface area contributed by atoms with Crippen molar-refractivity contribution in [1.82, 2.24) is 0 Å². The average Bonchev–Trinajstić information content (AvgIpc) is 2.42. The first kappa shape index (κ1) is 14.1. The van der Waals surface area contributed by atoms with Crippen LogP contribution in [-0.2, 0) is 0 Å². The Morgan fingerprint density at radius 2 is 1.95 bits per heavy atom. The van der Waals surface area contributed by atoms with E-state index >= 15 is 0 Å². The highest BCUT2D eigenvalue weighted by molar-refractivity contribution is 5.79. The monoisotopic (exact) mass is 261 g/mol. The third kappa shape index (κ3) is 3.57. The molecule has 2 rings (SSSR count). The number of hydrogen-bond acceptors (Lipinski definition) is 2. The number of ether oxygens (including phenoxy) is 1. The summed E-state index contributed by atoms with van der Waals surface area (Å²) in [5.41, 5.74) is 1.15. The van der Waals surface area contributed by atoms with Gasteiger partial charge in [-0.05, 0) is 36.8 Å². The summed E-state index contributed by atoms with van der Waals surface area (Å²) < 4.78 is 5.16. The van der Waals surface area contributed by atoms with Crippen molar-refractivity contribution in [3.63, 3.8) is 0 Å². The molecule has 1 N–H and O–H groups in total. The van der Waals surface area contributed by atoms with Crippen LogP contribution in [0.5, 0.6) is 5.75 Å². The van der Waals surface area contributed by atoms with E-state index in [1.54, 1.807) is 12.0 Å². The van der Waals surface area contributed by atoms with Crippen molar-refractivity contribution in [2.75, 3.05) is 20.7 Å². The Morgan fingerprint density at radius 3 is 2.58 bits per heavy atom. The molecule has 1 heterocycles. The smallest absolute Gasteiger partial charge is 0.118 e. The van der Waals surface area contributed by atoms with Gasteiger partial charge in [0.15, 0.2) is 0 Å². The van der Waals surface area contributed by atoms with Crippen molar-refractivity contribution in [2.45, 2.75) is 32.4 Å². The van der Waals surface area contributed by atoms with Crippen LogP contribution in [0.1, 0.15) is 25.8 Å². The normalized spacial score (nSPS) is 31.6. The van der Waals surface area contributed by atoms with Gasteiger partial charge in [-0.1, -0.05) is 6.92 Å². The molecule has 0 amide bonds. The van der Waals surface area contributed by atoms with E-state index in [-0.39, 0.29) is 0 Å². The topological polar surface area (TPSA) is 26.0 Å². The zero-order chi connectivity index (χ0) is 13.8. The van der Waals surface area contributed by atoms with Crippen LogP contribution >= 0.6 is 0 Å². The number of quaternary nitrogens is 1. The third-order valence-corrected chi connectivity index (χ3v) is 4.27. The zero-order valence-corrected chi connectivity index (χ0v) is 12.4. The van der Waals surface area contributed by atoms with Crippen LogP contribution in [0.4, 0.5) is 0 Å². The summed E-state index contributed by atoms with van der Waals surface area (Å²) in [6.45, 7) is 5.84. The molecule has 1 aliphatic heterocycles. The summed E-state index contributed by atoms with van der Waals surface area (Å²) in [6.07, 6.45) is 3.19. The Hall–Kier alpha value is -1.35. The second-order valence-corrected chi connectivity index (χ2v) is 5.78. The zero-order valence-electron chi connectivity index (χ0n) is 12.4. The molecular weight excluding hydrogens is 236 g/mol. The second kappa shape index (κ2) is 6.20. The lowest BCUT2D eigenvalue weighted by molar-refractivity contribution is -0.913. The van der Waals surface area contributed by atoms with Crippen molar-refractivity contribution in [1.29, 1.82) is 0 Å². The molecule has 19 heavy (non-hydrogen) atoms. The number of nitrogens with one attached hydrogen (secondary N) is 1. The summed E-state index contributed by atoms with van der Waals surface area (Å²) >= 11 is 0. The minimum atomic E-state index is 0.459. The van der Waals surface area contributed by atoms with Gasteiger partial charge in [-0.25, -0.2) is 0 Å². The number of methoxy groups -OCH3 is 1. The Morgan fingerprint density at radius 1 is 1.26 bits per heavy atom. The van der Waals surface area contributed by atoms with Crippen LogP contribution in [0.2, 0.25) is 0 Å². The highest BCUT2D eigenvalue weighted by Crippen LogP contribution is 2.16. The minimum Gasteiger partial charge on any atom is -0.497 e. The lowest BCUT2D eigenvalue weighted by atomic mass is 9.90. The Labute approximate surface area is 116 Å². The largest absolute Gasteiger partial charge is 0.497 e. The Bertz CT molecular complexity index is 427. The van der Waals surface area contributed by atoms with Crippen molar-refractivity contribution in [3.8, 4) is 5.75 Å². The molecule has 0 aliphatic carbocycles. The quantitative estimate of drug-likeness (QED) is 0.818. The first-order valence-corrected chi connectivity index (χ1v) is 7.09. The second-order valence-electron chi connectivity index (χ2n) is 5.78. The summed E-state index contributed by atoms with van der Waals surface area (Å²) in [5.74, 6) is 1.55. The van der Waals surface area contributed by atoms with Crippen LogP contribution in [0.15, 0.2) is 29.3 Å². The van der Waals surface area contributed by atoms with E-state index in [9.17, 15) is 0 Å². The molecule has 3 heteroatoms. The summed E-state index contributed by atoms with van der Waals surface area (Å²) in [4.78, 5) is 6.42. The van der Waals surface area contributed by atoms with Gasteiger partial charge in [0.1, 0.15) is 5.75 Å². The van der Waals surface area contributed by atoms with Crippen LogP contribution in [-0.4, -0.2) is 39.0 Å². The molecule has 0 aromatic heterocycles. The van der Waals surface area contributed by atoms with E-state index in [0.717, 1.165) is 11.3 Å². The van der Waals surface area contributed by atoms with Gasteiger partial charge in [0.25, 0.3) is 0 Å². The van der Waals surface area contributed by atoms with Crippen LogP contribution in [0, 0.1) is 5.92 Å². The number of rotatable bonds is 3. The molecule has 0 saturated carbocycles. The van der Waals surface area contributed by atoms with Gasteiger partial charge in [-0.3, -0.25) is 4.99 Å². The maximum Gasteiger partial charge on any atom is 0.118 e. The predicted molar refractivity (Wildman–Crippen MR) is 79.4 cm³/mol. The van der Waals surface area contributed by atoms with Gasteiger partial charge in [-0.15, -0.1) is 0 Å². The van der Waals surface area contributed by atoms with Gasteiger partial charge in [0.2, 0.25) is 0 Å². The lowest BCUT2D eigenvalue weighted by Gasteiger charge is -2.34. The number of likely N-dealkylation sites (tertiary alicyclic amines) is 1. The standard InChI is InChI=1S/C16H24N2O/c1-12-11-18(3)13(2)9-16(12)17-10-14-5-7-15(19-4)8-6-14/h5-8,10,12-13,16H,9,11H2,1-4H3/p+1/t12-,13+,16-/m1/s1. The highest BCUT2D eigenvalue weighted by atomic mass is 16.5. The molecule has 1 unspecified atom stereocenters. The Kier molecular flexibility index (Phi) is 4.59. The van der Waals surface area contributed by atoms with E-state index in [1.165, 1.54) is 13.0 Å². The van der Waals surface area contributed by atoms with Crippen LogP contribution in [0.25, 0.3) is 0 Å². The highest BCUT2D eigenvalue weighted by Gasteiger charge is 2.31. The number of hydrogen-bond donors (Lipinski definition) is 1. The number of benzene rings is 1. The van der Waals surface area contributed by atoms with Gasteiger partial charge in [0.05, 0.1) is 32.8 Å². The van der Waals surface area contributed by atoms with Crippen molar-refractivity contribution in [2.24, 2.45) is 10.9 Å². The first-order valence-electron chi connectivity index (χ1n) is 7.09. The maximum absolute atomic E-state index is 5.16. The molecule has 1 aromatic rings. The van der Waals surface area contributed by atoms with E-state index < -0.39 is 0 Å². The van der Waals surface area contributed by atoms with Gasteiger partial charge < -0.3 is 9.64 Å². The number of piperidine rings is 1. The average molecular weight is 261 g/mol. The molecule has 0 radical (unpaired) electrons. The summed E-state index contributed by atoms with van der Waals surface area (Å²) in [6, 6.07) is 9.22. The third-order valence-electron chi connectivity index (χ3n) is 4.27. The van der Waals surface area contributed by atoms with Gasteiger partial charge in [0, 0.05) is 18.6 Å². The summed E-state index contributed by atoms with van der Waals surface area (Å²) in [5, 5.41) is 0. The van der Waals surface area contributed by atoms with Crippen molar-refractivity contribution >= 4 is 6.21 Å². The molecule has 1 saturated heterocycles. The molecule has 4 atom stereocenters. The van der Waals surface area contributed by atoms with E-state index in [2.05, 4.69) is 33.0 Å². The first-order chi connectivity index (χ1) is 9.10. The number of nitrogens with zero attached hydrogens (tertiary/aromatic N) is 1. The van der Waals surface area contributed by atoms with Crippen LogP contribution in [0.3, 0.4) is 0 Å². The van der Waals surface area contributed by atoms with Crippen molar-refractivity contribution in [3.05, 3.63) is 29.8 Å². The molecule has 3 nitrogen and oxygen atoms in total. The van der Waals surface area contributed by atoms with Crippen LogP contribution < -0.4 is 9.64 Å². The molecular formula is C16H25N2O+. The van der Waals surface area contributed by atoms with Gasteiger partial charge in [-0.2, -0.15) is 0 Å². The van der Waals surface area contributed by atoms with E-state index in [4.69, 9.17) is 9.73 Å². The lowest BCUT2D eigenvalue weighted by Crippen LogP contribution is -3.14. The van der Waals surface area contributed by atoms with E-state index in [1.807, 2.05) is 18.3 Å². The van der Waals surface area contributed by atoms with Gasteiger partial charge >= 0.3 is 0 Å². The fraction of sp³-hybridized carbons (Fsp3) is 0.562. The fourth-order valence-corrected chi connectivity index (χ4v) is 2.72.